The molecule has 0 bridgehead atoms. The largest absolute Gasteiger partial charge is 0.399 e. The SMILES string of the molecule is C[C@]1(c2ccc(N)cc2)CC(=O)N(Cc2ccccc2)C1=O. The van der Waals surface area contributed by atoms with Gasteiger partial charge in [0.25, 0.3) is 0 Å². The first-order valence-corrected chi connectivity index (χ1v) is 7.25. The van der Waals surface area contributed by atoms with E-state index in [2.05, 4.69) is 0 Å². The number of nitrogens with two attached hydrogens (primary N) is 1. The summed E-state index contributed by atoms with van der Waals surface area (Å²) in [6.07, 6.45) is 0.197. The molecule has 4 nitrogen and oxygen atoms in total. The lowest BCUT2D eigenvalue weighted by molar-refractivity contribution is -0.140. The van der Waals surface area contributed by atoms with Crippen molar-refractivity contribution in [1.29, 1.82) is 0 Å². The summed E-state index contributed by atoms with van der Waals surface area (Å²) in [5.41, 5.74) is 7.31. The van der Waals surface area contributed by atoms with Crippen LogP contribution in [0.4, 0.5) is 5.69 Å². The van der Waals surface area contributed by atoms with Gasteiger partial charge in [-0.05, 0) is 30.2 Å². The van der Waals surface area contributed by atoms with Crippen molar-refractivity contribution >= 4 is 17.5 Å². The maximum Gasteiger partial charge on any atom is 0.240 e. The molecule has 1 aliphatic rings. The molecule has 1 fully saturated rings. The third kappa shape index (κ3) is 2.37. The van der Waals surface area contributed by atoms with E-state index in [1.165, 1.54) is 4.90 Å². The average molecular weight is 294 g/mol. The van der Waals surface area contributed by atoms with Gasteiger partial charge in [-0.1, -0.05) is 42.5 Å². The van der Waals surface area contributed by atoms with Gasteiger partial charge < -0.3 is 5.73 Å². The van der Waals surface area contributed by atoms with Crippen LogP contribution in [0.25, 0.3) is 0 Å². The molecule has 0 unspecified atom stereocenters. The molecule has 0 radical (unpaired) electrons. The fourth-order valence-electron chi connectivity index (χ4n) is 2.89. The van der Waals surface area contributed by atoms with Crippen molar-refractivity contribution in [3.05, 3.63) is 65.7 Å². The second-order valence-corrected chi connectivity index (χ2v) is 5.90. The number of hydrogen-bond acceptors (Lipinski definition) is 3. The molecule has 2 aromatic carbocycles. The lowest BCUT2D eigenvalue weighted by Crippen LogP contribution is -2.36. The molecule has 0 aliphatic carbocycles. The Morgan fingerprint density at radius 2 is 1.68 bits per heavy atom. The minimum atomic E-state index is -0.806. The summed E-state index contributed by atoms with van der Waals surface area (Å²) in [6.45, 7) is 2.15. The Bertz CT molecular complexity index is 710. The summed E-state index contributed by atoms with van der Waals surface area (Å²) < 4.78 is 0. The zero-order valence-corrected chi connectivity index (χ0v) is 12.5. The van der Waals surface area contributed by atoms with E-state index in [1.807, 2.05) is 49.4 Å². The Morgan fingerprint density at radius 3 is 2.32 bits per heavy atom. The van der Waals surface area contributed by atoms with Crippen LogP contribution >= 0.6 is 0 Å². The minimum absolute atomic E-state index is 0.131. The molecule has 0 aromatic heterocycles. The Balaban J connectivity index is 1.89. The molecule has 3 rings (SSSR count). The molecular formula is C18H18N2O2. The predicted octanol–water partition coefficient (Wildman–Crippen LogP) is 2.49. The molecule has 1 atom stereocenters. The molecule has 2 amide bonds. The summed E-state index contributed by atoms with van der Waals surface area (Å²) in [5.74, 6) is -0.278. The second kappa shape index (κ2) is 5.30. The fourth-order valence-corrected chi connectivity index (χ4v) is 2.89. The van der Waals surface area contributed by atoms with Crippen molar-refractivity contribution in [1.82, 2.24) is 4.90 Å². The van der Waals surface area contributed by atoms with E-state index in [9.17, 15) is 9.59 Å². The van der Waals surface area contributed by atoms with Gasteiger partial charge in [-0.2, -0.15) is 0 Å². The van der Waals surface area contributed by atoms with Crippen LogP contribution in [0.3, 0.4) is 0 Å². The van der Waals surface area contributed by atoms with E-state index in [-0.39, 0.29) is 18.2 Å². The molecule has 1 saturated heterocycles. The van der Waals surface area contributed by atoms with Gasteiger partial charge in [0.15, 0.2) is 0 Å². The number of carbonyl (C=O) groups excluding carboxylic acids is 2. The number of anilines is 1. The molecular weight excluding hydrogens is 276 g/mol. The van der Waals surface area contributed by atoms with Crippen molar-refractivity contribution in [3.63, 3.8) is 0 Å². The van der Waals surface area contributed by atoms with Crippen molar-refractivity contribution < 1.29 is 9.59 Å². The van der Waals surface area contributed by atoms with Crippen LogP contribution in [-0.2, 0) is 21.5 Å². The van der Waals surface area contributed by atoms with Gasteiger partial charge in [0.05, 0.1) is 12.0 Å². The summed E-state index contributed by atoms with van der Waals surface area (Å²) in [7, 11) is 0. The van der Waals surface area contributed by atoms with Crippen LogP contribution in [0, 0.1) is 0 Å². The Hall–Kier alpha value is -2.62. The van der Waals surface area contributed by atoms with E-state index in [4.69, 9.17) is 5.73 Å². The van der Waals surface area contributed by atoms with Gasteiger partial charge >= 0.3 is 0 Å². The molecule has 112 valence electrons. The summed E-state index contributed by atoms with van der Waals surface area (Å²) in [6, 6.07) is 16.7. The number of benzene rings is 2. The number of nitrogens with zero attached hydrogens (tertiary/aromatic N) is 1. The lowest BCUT2D eigenvalue weighted by Gasteiger charge is -2.23. The molecule has 0 spiro atoms. The van der Waals surface area contributed by atoms with Crippen molar-refractivity contribution in [2.24, 2.45) is 0 Å². The monoisotopic (exact) mass is 294 g/mol. The Labute approximate surface area is 129 Å². The van der Waals surface area contributed by atoms with E-state index < -0.39 is 5.41 Å². The first-order chi connectivity index (χ1) is 10.5. The van der Waals surface area contributed by atoms with Crippen molar-refractivity contribution in [3.8, 4) is 0 Å². The Morgan fingerprint density at radius 1 is 1.05 bits per heavy atom. The summed E-state index contributed by atoms with van der Waals surface area (Å²) in [5, 5.41) is 0. The highest BCUT2D eigenvalue weighted by atomic mass is 16.2. The maximum absolute atomic E-state index is 12.8. The van der Waals surface area contributed by atoms with E-state index >= 15 is 0 Å². The van der Waals surface area contributed by atoms with E-state index in [0.717, 1.165) is 11.1 Å². The minimum Gasteiger partial charge on any atom is -0.399 e. The topological polar surface area (TPSA) is 63.4 Å². The average Bonchev–Trinajstić information content (AvgIpc) is 2.73. The molecule has 2 N–H and O–H groups in total. The highest BCUT2D eigenvalue weighted by Gasteiger charge is 2.49. The van der Waals surface area contributed by atoms with Crippen LogP contribution in [-0.4, -0.2) is 16.7 Å². The first-order valence-electron chi connectivity index (χ1n) is 7.25. The smallest absolute Gasteiger partial charge is 0.240 e. The number of imide groups is 1. The van der Waals surface area contributed by atoms with Gasteiger partial charge in [0, 0.05) is 12.1 Å². The zero-order valence-electron chi connectivity index (χ0n) is 12.5. The number of rotatable bonds is 3. The Kier molecular flexibility index (Phi) is 3.45. The normalized spacial score (nSPS) is 21.4. The summed E-state index contributed by atoms with van der Waals surface area (Å²) in [4.78, 5) is 26.5. The number of nitrogen functional groups attached to an aromatic ring is 1. The molecule has 4 heteroatoms. The third-order valence-corrected chi connectivity index (χ3v) is 4.25. The van der Waals surface area contributed by atoms with Gasteiger partial charge in [-0.3, -0.25) is 14.5 Å². The van der Waals surface area contributed by atoms with Gasteiger partial charge in [-0.25, -0.2) is 0 Å². The standard InChI is InChI=1S/C18H18N2O2/c1-18(14-7-9-15(19)10-8-14)11-16(21)20(17(18)22)12-13-5-3-2-4-6-13/h2-10H,11-12,19H2,1H3/t18-/m1/s1. The van der Waals surface area contributed by atoms with Gasteiger partial charge in [-0.15, -0.1) is 0 Å². The molecule has 22 heavy (non-hydrogen) atoms. The van der Waals surface area contributed by atoms with Crippen molar-refractivity contribution in [2.75, 3.05) is 5.73 Å². The first kappa shape index (κ1) is 14.3. The number of likely N-dealkylation sites (tertiary alicyclic amines) is 1. The number of hydrogen-bond donors (Lipinski definition) is 1. The predicted molar refractivity (Wildman–Crippen MR) is 84.8 cm³/mol. The molecule has 2 aromatic rings. The van der Waals surface area contributed by atoms with Crippen LogP contribution in [0.2, 0.25) is 0 Å². The molecule has 1 heterocycles. The third-order valence-electron chi connectivity index (χ3n) is 4.25. The number of carbonyl (C=O) groups is 2. The fraction of sp³-hybridized carbons (Fsp3) is 0.222. The van der Waals surface area contributed by atoms with Crippen LogP contribution < -0.4 is 5.73 Å². The lowest BCUT2D eigenvalue weighted by atomic mass is 9.81. The van der Waals surface area contributed by atoms with E-state index in [0.29, 0.717) is 12.2 Å². The highest BCUT2D eigenvalue weighted by molar-refractivity contribution is 6.08. The molecule has 1 aliphatic heterocycles. The maximum atomic E-state index is 12.8. The van der Waals surface area contributed by atoms with Crippen LogP contribution in [0.1, 0.15) is 24.5 Å². The zero-order chi connectivity index (χ0) is 15.7. The van der Waals surface area contributed by atoms with Crippen molar-refractivity contribution in [2.45, 2.75) is 25.3 Å². The van der Waals surface area contributed by atoms with Crippen LogP contribution in [0.5, 0.6) is 0 Å². The molecule has 0 saturated carbocycles. The summed E-state index contributed by atoms with van der Waals surface area (Å²) >= 11 is 0. The van der Waals surface area contributed by atoms with E-state index in [1.54, 1.807) is 12.1 Å². The number of amides is 2. The van der Waals surface area contributed by atoms with Gasteiger partial charge in [0.2, 0.25) is 11.8 Å². The highest BCUT2D eigenvalue weighted by Crippen LogP contribution is 2.37. The van der Waals surface area contributed by atoms with Crippen LogP contribution in [0.15, 0.2) is 54.6 Å². The van der Waals surface area contributed by atoms with Gasteiger partial charge in [0.1, 0.15) is 0 Å². The quantitative estimate of drug-likeness (QED) is 0.698. The second-order valence-electron chi connectivity index (χ2n) is 5.90.